The zero-order valence-corrected chi connectivity index (χ0v) is 21.8. The van der Waals surface area contributed by atoms with Gasteiger partial charge in [-0.1, -0.05) is 48.5 Å². The first-order valence-electron chi connectivity index (χ1n) is 13.3. The molecule has 2 aromatic carbocycles. The first kappa shape index (κ1) is 24.0. The quantitative estimate of drug-likeness (QED) is 0.323. The normalized spacial score (nSPS) is 16.6. The van der Waals surface area contributed by atoms with Crippen molar-refractivity contribution < 1.29 is 9.21 Å². The molecule has 1 amide bonds. The SMILES string of the molecule is Cc1cnc(-c2nnc(C[C@H]3N=C(c4ccccc4)c4ccccc4NC3=O)o2)c(-c2cnc(C3CC3)nc2)c1. The number of pyridine rings is 1. The van der Waals surface area contributed by atoms with Crippen LogP contribution < -0.4 is 5.32 Å². The third kappa shape index (κ3) is 4.66. The first-order valence-corrected chi connectivity index (χ1v) is 13.3. The van der Waals surface area contributed by atoms with Crippen LogP contribution in [0.5, 0.6) is 0 Å². The number of aromatic nitrogens is 5. The Labute approximate surface area is 230 Å². The van der Waals surface area contributed by atoms with Gasteiger partial charge in [-0.25, -0.2) is 9.97 Å². The molecule has 0 bridgehead atoms. The van der Waals surface area contributed by atoms with Crippen molar-refractivity contribution in [3.8, 4) is 22.7 Å². The number of amides is 1. The lowest BCUT2D eigenvalue weighted by molar-refractivity contribution is -0.117. The molecule has 2 aliphatic rings. The van der Waals surface area contributed by atoms with E-state index in [4.69, 9.17) is 9.41 Å². The van der Waals surface area contributed by atoms with Crippen molar-refractivity contribution in [2.45, 2.75) is 38.1 Å². The molecule has 1 N–H and O–H groups in total. The van der Waals surface area contributed by atoms with Crippen molar-refractivity contribution in [3.05, 3.63) is 108 Å². The van der Waals surface area contributed by atoms with Crippen LogP contribution in [0.15, 0.2) is 88.7 Å². The topological polar surface area (TPSA) is 119 Å². The number of rotatable bonds is 6. The van der Waals surface area contributed by atoms with Gasteiger partial charge in [-0.2, -0.15) is 0 Å². The Hall–Kier alpha value is -5.05. The van der Waals surface area contributed by atoms with Crippen LogP contribution in [0.25, 0.3) is 22.7 Å². The van der Waals surface area contributed by atoms with Gasteiger partial charge in [-0.3, -0.25) is 14.8 Å². The predicted octanol–water partition coefficient (Wildman–Crippen LogP) is 5.18. The van der Waals surface area contributed by atoms with Crippen molar-refractivity contribution in [1.29, 1.82) is 0 Å². The predicted molar refractivity (Wildman–Crippen MR) is 150 cm³/mol. The van der Waals surface area contributed by atoms with Crippen LogP contribution in [-0.4, -0.2) is 42.8 Å². The Balaban J connectivity index is 1.21. The van der Waals surface area contributed by atoms with E-state index in [9.17, 15) is 4.79 Å². The summed E-state index contributed by atoms with van der Waals surface area (Å²) in [6.07, 6.45) is 7.83. The van der Waals surface area contributed by atoms with Crippen molar-refractivity contribution >= 4 is 17.3 Å². The summed E-state index contributed by atoms with van der Waals surface area (Å²) in [7, 11) is 0. The monoisotopic (exact) mass is 527 g/mol. The molecule has 196 valence electrons. The lowest BCUT2D eigenvalue weighted by Crippen LogP contribution is -2.27. The maximum absolute atomic E-state index is 13.3. The molecule has 4 heterocycles. The highest BCUT2D eigenvalue weighted by Gasteiger charge is 2.29. The number of nitrogens with one attached hydrogen (secondary N) is 1. The fourth-order valence-corrected chi connectivity index (χ4v) is 4.85. The second kappa shape index (κ2) is 9.92. The van der Waals surface area contributed by atoms with Gasteiger partial charge >= 0.3 is 0 Å². The number of benzene rings is 2. The fraction of sp³-hybridized carbons (Fsp3) is 0.194. The van der Waals surface area contributed by atoms with Crippen LogP contribution >= 0.6 is 0 Å². The zero-order valence-electron chi connectivity index (χ0n) is 21.8. The molecule has 0 radical (unpaired) electrons. The van der Waals surface area contributed by atoms with Crippen LogP contribution in [0.2, 0.25) is 0 Å². The molecule has 9 nitrogen and oxygen atoms in total. The average molecular weight is 528 g/mol. The zero-order chi connectivity index (χ0) is 27.1. The molecule has 5 aromatic rings. The number of aliphatic imine (C=N–C) groups is 1. The highest BCUT2D eigenvalue weighted by molar-refractivity contribution is 6.19. The van der Waals surface area contributed by atoms with Gasteiger partial charge in [0.15, 0.2) is 0 Å². The molecule has 0 saturated heterocycles. The highest BCUT2D eigenvalue weighted by Crippen LogP contribution is 2.38. The standard InChI is InChI=1S/C31H25N7O2/c1-18-13-23(21-16-33-29(34-17-21)20-11-12-20)28(32-15-18)31-38-37-26(40-31)14-25-30(39)36-24-10-6-5-9-22(24)27(35-25)19-7-3-2-4-8-19/h2-10,13,15-17,20,25H,11-12,14H2,1H3,(H,36,39)/t25-/m1/s1. The van der Waals surface area contributed by atoms with Gasteiger partial charge < -0.3 is 9.73 Å². The molecule has 1 aliphatic carbocycles. The van der Waals surface area contributed by atoms with E-state index in [-0.39, 0.29) is 18.2 Å². The summed E-state index contributed by atoms with van der Waals surface area (Å²) in [6, 6.07) is 18.7. The second-order valence-electron chi connectivity index (χ2n) is 10.1. The molecule has 40 heavy (non-hydrogen) atoms. The molecule has 1 aliphatic heterocycles. The molecule has 1 atom stereocenters. The Morgan fingerprint density at radius 2 is 1.65 bits per heavy atom. The van der Waals surface area contributed by atoms with Gasteiger partial charge in [0.05, 0.1) is 17.8 Å². The average Bonchev–Trinajstić information content (AvgIpc) is 3.76. The third-order valence-electron chi connectivity index (χ3n) is 7.06. The maximum Gasteiger partial charge on any atom is 0.266 e. The van der Waals surface area contributed by atoms with Crippen molar-refractivity contribution in [2.75, 3.05) is 5.32 Å². The fourth-order valence-electron chi connectivity index (χ4n) is 4.85. The van der Waals surface area contributed by atoms with E-state index in [2.05, 4.69) is 30.5 Å². The molecule has 9 heteroatoms. The minimum atomic E-state index is -0.760. The van der Waals surface area contributed by atoms with E-state index in [1.807, 2.05) is 80.0 Å². The van der Waals surface area contributed by atoms with Gasteiger partial charge in [-0.15, -0.1) is 10.2 Å². The van der Waals surface area contributed by atoms with Crippen LogP contribution in [0.1, 0.15) is 47.2 Å². The summed E-state index contributed by atoms with van der Waals surface area (Å²) in [5.74, 6) is 1.68. The van der Waals surface area contributed by atoms with Crippen LogP contribution in [0, 0.1) is 6.92 Å². The summed E-state index contributed by atoms with van der Waals surface area (Å²) in [5, 5.41) is 11.6. The van der Waals surface area contributed by atoms with Gasteiger partial charge in [0, 0.05) is 46.8 Å². The summed E-state index contributed by atoms with van der Waals surface area (Å²) in [5.41, 5.74) is 6.40. The number of anilines is 1. The van der Waals surface area contributed by atoms with E-state index < -0.39 is 6.04 Å². The van der Waals surface area contributed by atoms with Crippen LogP contribution in [0.4, 0.5) is 5.69 Å². The number of aryl methyl sites for hydroxylation is 1. The molecule has 0 unspecified atom stereocenters. The van der Waals surface area contributed by atoms with Gasteiger partial charge in [0.1, 0.15) is 17.6 Å². The number of fused-ring (bicyclic) bond motifs is 1. The van der Waals surface area contributed by atoms with Crippen LogP contribution in [-0.2, 0) is 11.2 Å². The molecule has 3 aromatic heterocycles. The number of para-hydroxylation sites is 1. The Kier molecular flexibility index (Phi) is 5.96. The van der Waals surface area contributed by atoms with Crippen molar-refractivity contribution in [3.63, 3.8) is 0 Å². The van der Waals surface area contributed by atoms with Gasteiger partial charge in [0.25, 0.3) is 5.89 Å². The number of carbonyl (C=O) groups is 1. The largest absolute Gasteiger partial charge is 0.419 e. The molecule has 1 saturated carbocycles. The maximum atomic E-state index is 13.3. The van der Waals surface area contributed by atoms with Crippen LogP contribution in [0.3, 0.4) is 0 Å². The Morgan fingerprint density at radius 1 is 0.875 bits per heavy atom. The number of nitrogens with zero attached hydrogens (tertiary/aromatic N) is 6. The number of carbonyl (C=O) groups excluding carboxylic acids is 1. The molecule has 7 rings (SSSR count). The summed E-state index contributed by atoms with van der Waals surface area (Å²) in [4.78, 5) is 31.9. The van der Waals surface area contributed by atoms with Gasteiger partial charge in [0.2, 0.25) is 11.8 Å². The molecule has 1 fully saturated rings. The Bertz CT molecular complexity index is 1740. The van der Waals surface area contributed by atoms with E-state index >= 15 is 0 Å². The minimum absolute atomic E-state index is 0.142. The number of benzodiazepines with no additional fused rings is 1. The molecular formula is C31H25N7O2. The smallest absolute Gasteiger partial charge is 0.266 e. The highest BCUT2D eigenvalue weighted by atomic mass is 16.4. The van der Waals surface area contributed by atoms with Crippen molar-refractivity contribution in [1.82, 2.24) is 25.1 Å². The number of hydrogen-bond donors (Lipinski definition) is 1. The lowest BCUT2D eigenvalue weighted by Gasteiger charge is -2.09. The second-order valence-corrected chi connectivity index (χ2v) is 10.1. The lowest BCUT2D eigenvalue weighted by atomic mass is 10.0. The summed E-state index contributed by atoms with van der Waals surface area (Å²) >= 11 is 0. The minimum Gasteiger partial charge on any atom is -0.419 e. The van der Waals surface area contributed by atoms with Crippen molar-refractivity contribution in [2.24, 2.45) is 4.99 Å². The van der Waals surface area contributed by atoms with E-state index in [0.717, 1.165) is 52.2 Å². The van der Waals surface area contributed by atoms with E-state index in [0.29, 0.717) is 23.2 Å². The summed E-state index contributed by atoms with van der Waals surface area (Å²) < 4.78 is 6.08. The van der Waals surface area contributed by atoms with E-state index in [1.165, 1.54) is 0 Å². The molecular weight excluding hydrogens is 502 g/mol. The third-order valence-corrected chi connectivity index (χ3v) is 7.06. The first-order chi connectivity index (χ1) is 19.6. The van der Waals surface area contributed by atoms with E-state index in [1.54, 1.807) is 6.20 Å². The van der Waals surface area contributed by atoms with Gasteiger partial charge in [-0.05, 0) is 37.5 Å². The molecule has 0 spiro atoms. The Morgan fingerprint density at radius 3 is 2.45 bits per heavy atom. The summed E-state index contributed by atoms with van der Waals surface area (Å²) in [6.45, 7) is 1.98. The number of hydrogen-bond acceptors (Lipinski definition) is 8.